The van der Waals surface area contributed by atoms with Crippen LogP contribution in [0.25, 0.3) is 0 Å². The van der Waals surface area contributed by atoms with Crippen LogP contribution in [-0.2, 0) is 14.3 Å². The molecule has 4 rings (SSSR count). The average Bonchev–Trinajstić information content (AvgIpc) is 2.32. The number of ether oxygens (including phenoxy) is 1. The van der Waals surface area contributed by atoms with Gasteiger partial charge in [-0.25, -0.2) is 0 Å². The highest BCUT2D eigenvalue weighted by Crippen LogP contribution is 2.63. The molecule has 0 saturated heterocycles. The number of amides is 1. The fourth-order valence-electron chi connectivity index (χ4n) is 4.83. The number of halogens is 1. The molecule has 4 bridgehead atoms. The number of nitrogens with one attached hydrogen (secondary N) is 1. The maximum absolute atomic E-state index is 12.5. The first-order chi connectivity index (χ1) is 8.95. The fraction of sp³-hybridized carbons (Fsp3) is 0.857. The van der Waals surface area contributed by atoms with Gasteiger partial charge in [0.1, 0.15) is 6.54 Å². The van der Waals surface area contributed by atoms with Gasteiger partial charge < -0.3 is 10.1 Å². The number of carbonyl (C=O) groups is 2. The highest BCUT2D eigenvalue weighted by Gasteiger charge is 2.59. The molecule has 1 amide bonds. The van der Waals surface area contributed by atoms with Crippen molar-refractivity contribution in [1.29, 1.82) is 0 Å². The number of hydrogen-bond donors (Lipinski definition) is 1. The van der Waals surface area contributed by atoms with Gasteiger partial charge in [0.25, 0.3) is 0 Å². The van der Waals surface area contributed by atoms with E-state index >= 15 is 0 Å². The first-order valence-electron chi connectivity index (χ1n) is 6.99. The minimum absolute atomic E-state index is 0.00275. The van der Waals surface area contributed by atoms with Crippen LogP contribution in [0, 0.1) is 17.3 Å². The molecular formula is C14H20ClNO3. The molecule has 0 radical (unpaired) electrons. The van der Waals surface area contributed by atoms with Crippen molar-refractivity contribution in [2.75, 3.05) is 13.7 Å². The van der Waals surface area contributed by atoms with E-state index in [2.05, 4.69) is 10.1 Å². The minimum Gasteiger partial charge on any atom is -0.468 e. The minimum atomic E-state index is -0.404. The van der Waals surface area contributed by atoms with Crippen LogP contribution < -0.4 is 5.32 Å². The van der Waals surface area contributed by atoms with Crippen molar-refractivity contribution in [2.24, 2.45) is 17.3 Å². The Kier molecular flexibility index (Phi) is 3.04. The zero-order valence-corrected chi connectivity index (χ0v) is 12.0. The summed E-state index contributed by atoms with van der Waals surface area (Å²) in [6.45, 7) is -0.0400. The molecule has 2 atom stereocenters. The zero-order chi connectivity index (χ0) is 13.7. The van der Waals surface area contributed by atoms with Crippen molar-refractivity contribution in [3.63, 3.8) is 0 Å². The summed E-state index contributed by atoms with van der Waals surface area (Å²) in [6.07, 6.45) is 5.96. The Morgan fingerprint density at radius 2 is 1.89 bits per heavy atom. The number of rotatable bonds is 3. The lowest BCUT2D eigenvalue weighted by Gasteiger charge is -2.59. The van der Waals surface area contributed by atoms with E-state index in [9.17, 15) is 9.59 Å². The van der Waals surface area contributed by atoms with Crippen LogP contribution in [0.1, 0.15) is 38.5 Å². The van der Waals surface area contributed by atoms with Crippen molar-refractivity contribution in [3.05, 3.63) is 0 Å². The van der Waals surface area contributed by atoms with E-state index in [4.69, 9.17) is 11.6 Å². The first kappa shape index (κ1) is 13.2. The summed E-state index contributed by atoms with van der Waals surface area (Å²) in [5, 5.41) is 2.74. The molecule has 0 heterocycles. The van der Waals surface area contributed by atoms with Crippen molar-refractivity contribution >= 4 is 23.5 Å². The summed E-state index contributed by atoms with van der Waals surface area (Å²) in [4.78, 5) is 23.5. The molecule has 0 unspecified atom stereocenters. The summed E-state index contributed by atoms with van der Waals surface area (Å²) in [6, 6.07) is 0. The Labute approximate surface area is 118 Å². The van der Waals surface area contributed by atoms with Gasteiger partial charge in [0.2, 0.25) is 5.91 Å². The van der Waals surface area contributed by atoms with Gasteiger partial charge in [-0.3, -0.25) is 9.59 Å². The van der Waals surface area contributed by atoms with E-state index in [-0.39, 0.29) is 22.7 Å². The number of carbonyl (C=O) groups excluding carboxylic acids is 2. The summed E-state index contributed by atoms with van der Waals surface area (Å²) >= 11 is 6.68. The van der Waals surface area contributed by atoms with Crippen LogP contribution in [0.15, 0.2) is 0 Å². The van der Waals surface area contributed by atoms with Crippen molar-refractivity contribution in [2.45, 2.75) is 43.4 Å². The average molecular weight is 286 g/mol. The molecule has 4 saturated carbocycles. The fourth-order valence-corrected chi connectivity index (χ4v) is 5.52. The summed E-state index contributed by atoms with van der Waals surface area (Å²) in [7, 11) is 1.33. The van der Waals surface area contributed by atoms with Crippen molar-refractivity contribution < 1.29 is 14.3 Å². The molecule has 106 valence electrons. The van der Waals surface area contributed by atoms with Crippen LogP contribution >= 0.6 is 11.6 Å². The normalized spacial score (nSPS) is 43.1. The summed E-state index contributed by atoms with van der Waals surface area (Å²) < 4.78 is 4.56. The predicted octanol–water partition coefficient (Wildman–Crippen LogP) is 1.85. The van der Waals surface area contributed by atoms with Gasteiger partial charge in [-0.15, -0.1) is 11.6 Å². The molecule has 4 fully saturated rings. The first-order valence-corrected chi connectivity index (χ1v) is 7.37. The molecule has 0 aromatic rings. The number of hydrogen-bond acceptors (Lipinski definition) is 3. The smallest absolute Gasteiger partial charge is 0.325 e. The van der Waals surface area contributed by atoms with Crippen molar-refractivity contribution in [3.8, 4) is 0 Å². The van der Waals surface area contributed by atoms with Gasteiger partial charge in [0.15, 0.2) is 0 Å². The van der Waals surface area contributed by atoms with Gasteiger partial charge in [-0.1, -0.05) is 0 Å². The van der Waals surface area contributed by atoms with Crippen LogP contribution in [0.5, 0.6) is 0 Å². The highest BCUT2D eigenvalue weighted by atomic mass is 35.5. The number of methoxy groups -OCH3 is 1. The molecule has 1 N–H and O–H groups in total. The summed E-state index contributed by atoms with van der Waals surface area (Å²) in [5.41, 5.74) is -0.333. The van der Waals surface area contributed by atoms with Gasteiger partial charge in [0.05, 0.1) is 12.5 Å². The van der Waals surface area contributed by atoms with Crippen LogP contribution in [0.3, 0.4) is 0 Å². The highest BCUT2D eigenvalue weighted by molar-refractivity contribution is 6.24. The van der Waals surface area contributed by atoms with E-state index in [1.165, 1.54) is 13.5 Å². The van der Waals surface area contributed by atoms with Gasteiger partial charge >= 0.3 is 5.97 Å². The third-order valence-electron chi connectivity index (χ3n) is 5.09. The number of esters is 1. The third-order valence-corrected chi connectivity index (χ3v) is 5.53. The second kappa shape index (κ2) is 4.37. The van der Waals surface area contributed by atoms with Crippen LogP contribution in [0.4, 0.5) is 0 Å². The molecule has 4 nitrogen and oxygen atoms in total. The maximum Gasteiger partial charge on any atom is 0.325 e. The monoisotopic (exact) mass is 285 g/mol. The largest absolute Gasteiger partial charge is 0.468 e. The SMILES string of the molecule is COC(=O)CNC(=O)C12C[C@H]3C[C@@H](CC(Cl)(C3)C1)C2. The molecule has 19 heavy (non-hydrogen) atoms. The molecule has 0 spiro atoms. The van der Waals surface area contributed by atoms with Gasteiger partial charge in [0, 0.05) is 4.87 Å². The summed E-state index contributed by atoms with van der Waals surface area (Å²) in [5.74, 6) is 0.765. The Morgan fingerprint density at radius 1 is 1.26 bits per heavy atom. The molecular weight excluding hydrogens is 266 g/mol. The number of alkyl halides is 1. The zero-order valence-electron chi connectivity index (χ0n) is 11.2. The lowest BCUT2D eigenvalue weighted by atomic mass is 9.49. The lowest BCUT2D eigenvalue weighted by molar-refractivity contribution is -0.148. The predicted molar refractivity (Wildman–Crippen MR) is 70.7 cm³/mol. The van der Waals surface area contributed by atoms with E-state index in [0.29, 0.717) is 11.8 Å². The molecule has 5 heteroatoms. The molecule has 0 aromatic carbocycles. The molecule has 0 aromatic heterocycles. The Bertz CT molecular complexity index is 409. The Hall–Kier alpha value is -0.770. The second-order valence-corrected chi connectivity index (χ2v) is 7.45. The van der Waals surface area contributed by atoms with Gasteiger partial charge in [-0.05, 0) is 50.4 Å². The van der Waals surface area contributed by atoms with Crippen LogP contribution in [0.2, 0.25) is 0 Å². The molecule has 0 aliphatic heterocycles. The van der Waals surface area contributed by atoms with E-state index < -0.39 is 5.97 Å². The standard InChI is InChI=1S/C14H20ClNO3/c1-19-11(17)7-16-12(18)13-3-9-2-10(4-13)6-14(15,5-9)8-13/h9-10H,2-8H2,1H3,(H,16,18)/t9-,10-,13?,14?/m1/s1. The topological polar surface area (TPSA) is 55.4 Å². The molecule has 4 aliphatic carbocycles. The Morgan fingerprint density at radius 3 is 2.42 bits per heavy atom. The van der Waals surface area contributed by atoms with E-state index in [1.54, 1.807) is 0 Å². The van der Waals surface area contributed by atoms with E-state index in [0.717, 1.165) is 32.1 Å². The quantitative estimate of drug-likeness (QED) is 0.636. The van der Waals surface area contributed by atoms with Crippen molar-refractivity contribution in [1.82, 2.24) is 5.32 Å². The lowest BCUT2D eigenvalue weighted by Crippen LogP contribution is -2.58. The Balaban J connectivity index is 1.73. The second-order valence-electron chi connectivity index (χ2n) is 6.65. The maximum atomic E-state index is 12.5. The van der Waals surface area contributed by atoms with Gasteiger partial charge in [-0.2, -0.15) is 0 Å². The van der Waals surface area contributed by atoms with Crippen LogP contribution in [-0.4, -0.2) is 30.4 Å². The molecule has 4 aliphatic rings. The third kappa shape index (κ3) is 2.24. The van der Waals surface area contributed by atoms with E-state index in [1.807, 2.05) is 0 Å².